The van der Waals surface area contributed by atoms with Gasteiger partial charge in [-0.05, 0) is 36.6 Å². The number of unbranched alkanes of at least 4 members (excludes halogenated alkanes) is 2. The number of benzene rings is 1. The van der Waals surface area contributed by atoms with Crippen molar-refractivity contribution in [3.63, 3.8) is 0 Å². The van der Waals surface area contributed by atoms with Gasteiger partial charge in [0.1, 0.15) is 5.70 Å². The van der Waals surface area contributed by atoms with Gasteiger partial charge >= 0.3 is 6.03 Å². The molecule has 1 heterocycles. The fourth-order valence-electron chi connectivity index (χ4n) is 2.04. The monoisotopic (exact) mass is 326 g/mol. The number of amides is 3. The molecule has 1 aliphatic rings. The molecule has 1 aromatic rings. The molecule has 0 spiro atoms. The SMILES string of the molecule is O=C1N/C(=C/c2ccc(Cl)cc2)C(=O)N1CCCCCCl. The highest BCUT2D eigenvalue weighted by molar-refractivity contribution is 6.30. The Hall–Kier alpha value is -1.52. The molecule has 1 saturated heterocycles. The molecule has 0 aromatic heterocycles. The summed E-state index contributed by atoms with van der Waals surface area (Å²) in [5.41, 5.74) is 1.10. The molecule has 0 unspecified atom stereocenters. The molecule has 1 aliphatic heterocycles. The average molecular weight is 327 g/mol. The number of imide groups is 1. The Kier molecular flexibility index (Phi) is 5.65. The molecule has 0 aliphatic carbocycles. The van der Waals surface area contributed by atoms with E-state index >= 15 is 0 Å². The third kappa shape index (κ3) is 4.22. The number of nitrogens with one attached hydrogen (secondary N) is 1. The van der Waals surface area contributed by atoms with E-state index in [2.05, 4.69) is 5.32 Å². The molecule has 2 rings (SSSR count). The highest BCUT2D eigenvalue weighted by Gasteiger charge is 2.32. The van der Waals surface area contributed by atoms with Gasteiger partial charge in [-0.1, -0.05) is 30.2 Å². The standard InChI is InChI=1S/C15H16Cl2N2O2/c16-8-2-1-3-9-19-14(20)13(18-15(19)21)10-11-4-6-12(17)7-5-11/h4-7,10H,1-3,8-9H2,(H,18,21)/b13-10+. The molecule has 0 radical (unpaired) electrons. The number of halogens is 2. The fraction of sp³-hybridized carbons (Fsp3) is 0.333. The first-order valence-electron chi connectivity index (χ1n) is 6.78. The molecule has 4 nitrogen and oxygen atoms in total. The number of hydrogen-bond donors (Lipinski definition) is 1. The highest BCUT2D eigenvalue weighted by Crippen LogP contribution is 2.16. The quantitative estimate of drug-likeness (QED) is 0.375. The van der Waals surface area contributed by atoms with Crippen LogP contribution in [0.1, 0.15) is 24.8 Å². The summed E-state index contributed by atoms with van der Waals surface area (Å²) in [6.07, 6.45) is 4.20. The van der Waals surface area contributed by atoms with E-state index in [4.69, 9.17) is 23.2 Å². The second-order valence-electron chi connectivity index (χ2n) is 4.75. The number of carbonyl (C=O) groups is 2. The van der Waals surface area contributed by atoms with Crippen LogP contribution in [0.2, 0.25) is 5.02 Å². The van der Waals surface area contributed by atoms with Gasteiger partial charge in [-0.2, -0.15) is 0 Å². The van der Waals surface area contributed by atoms with Gasteiger partial charge < -0.3 is 5.32 Å². The van der Waals surface area contributed by atoms with E-state index in [9.17, 15) is 9.59 Å². The van der Waals surface area contributed by atoms with Crippen LogP contribution in [0, 0.1) is 0 Å². The molecule has 0 saturated carbocycles. The largest absolute Gasteiger partial charge is 0.329 e. The summed E-state index contributed by atoms with van der Waals surface area (Å²) in [6.45, 7) is 0.416. The van der Waals surface area contributed by atoms with Crippen LogP contribution in [0.25, 0.3) is 6.08 Å². The molecule has 112 valence electrons. The van der Waals surface area contributed by atoms with Crippen molar-refractivity contribution in [2.75, 3.05) is 12.4 Å². The average Bonchev–Trinajstić information content (AvgIpc) is 2.73. The van der Waals surface area contributed by atoms with Crippen molar-refractivity contribution < 1.29 is 9.59 Å². The zero-order valence-electron chi connectivity index (χ0n) is 11.4. The molecule has 1 N–H and O–H groups in total. The molecule has 0 atom stereocenters. The molecule has 3 amide bonds. The summed E-state index contributed by atoms with van der Waals surface area (Å²) in [7, 11) is 0. The zero-order chi connectivity index (χ0) is 15.2. The predicted molar refractivity (Wildman–Crippen MR) is 84.2 cm³/mol. The van der Waals surface area contributed by atoms with Gasteiger partial charge in [0.25, 0.3) is 5.91 Å². The van der Waals surface area contributed by atoms with E-state index in [1.807, 2.05) is 0 Å². The predicted octanol–water partition coefficient (Wildman–Crippen LogP) is 3.64. The van der Waals surface area contributed by atoms with Crippen LogP contribution >= 0.6 is 23.2 Å². The third-order valence-corrected chi connectivity index (χ3v) is 3.68. The number of rotatable bonds is 6. The van der Waals surface area contributed by atoms with Crippen molar-refractivity contribution in [3.05, 3.63) is 40.5 Å². The summed E-state index contributed by atoms with van der Waals surface area (Å²) in [6, 6.07) is 6.68. The lowest BCUT2D eigenvalue weighted by Gasteiger charge is -2.10. The minimum atomic E-state index is -0.369. The zero-order valence-corrected chi connectivity index (χ0v) is 13.0. The fourth-order valence-corrected chi connectivity index (χ4v) is 2.36. The van der Waals surface area contributed by atoms with E-state index in [0.717, 1.165) is 24.8 Å². The van der Waals surface area contributed by atoms with E-state index in [1.54, 1.807) is 30.3 Å². The third-order valence-electron chi connectivity index (χ3n) is 3.16. The van der Waals surface area contributed by atoms with Crippen LogP contribution < -0.4 is 5.32 Å². The Bertz CT molecular complexity index is 555. The lowest BCUT2D eigenvalue weighted by Crippen LogP contribution is -2.31. The lowest BCUT2D eigenvalue weighted by molar-refractivity contribution is -0.122. The number of urea groups is 1. The summed E-state index contributed by atoms with van der Waals surface area (Å²) in [4.78, 5) is 25.2. The van der Waals surface area contributed by atoms with Crippen LogP contribution in [0.5, 0.6) is 0 Å². The van der Waals surface area contributed by atoms with Gasteiger partial charge in [0, 0.05) is 17.4 Å². The van der Waals surface area contributed by atoms with Gasteiger partial charge in [0.05, 0.1) is 0 Å². The molecular weight excluding hydrogens is 311 g/mol. The minimum absolute atomic E-state index is 0.291. The highest BCUT2D eigenvalue weighted by atomic mass is 35.5. The first-order valence-corrected chi connectivity index (χ1v) is 7.69. The normalized spacial score (nSPS) is 16.7. The topological polar surface area (TPSA) is 49.4 Å². The van der Waals surface area contributed by atoms with Gasteiger partial charge in [0.2, 0.25) is 0 Å². The summed E-state index contributed by atoms with van der Waals surface area (Å²) < 4.78 is 0. The Morgan fingerprint density at radius 1 is 1.10 bits per heavy atom. The molecule has 0 bridgehead atoms. The molecular formula is C15H16Cl2N2O2. The maximum absolute atomic E-state index is 12.2. The van der Waals surface area contributed by atoms with E-state index in [1.165, 1.54) is 4.90 Å². The second-order valence-corrected chi connectivity index (χ2v) is 5.56. The van der Waals surface area contributed by atoms with Crippen molar-refractivity contribution in [2.24, 2.45) is 0 Å². The van der Waals surface area contributed by atoms with Crippen LogP contribution in [-0.2, 0) is 4.79 Å². The minimum Gasteiger partial charge on any atom is -0.303 e. The van der Waals surface area contributed by atoms with Crippen molar-refractivity contribution >= 4 is 41.2 Å². The maximum atomic E-state index is 12.2. The van der Waals surface area contributed by atoms with Crippen molar-refractivity contribution in [1.82, 2.24) is 10.2 Å². The van der Waals surface area contributed by atoms with Gasteiger partial charge in [0.15, 0.2) is 0 Å². The molecule has 6 heteroatoms. The molecule has 21 heavy (non-hydrogen) atoms. The lowest BCUT2D eigenvalue weighted by atomic mass is 10.2. The Labute approximate surface area is 133 Å². The smallest absolute Gasteiger partial charge is 0.303 e. The molecule has 1 fully saturated rings. The van der Waals surface area contributed by atoms with Crippen LogP contribution in [0.4, 0.5) is 4.79 Å². The first-order chi connectivity index (χ1) is 10.1. The van der Waals surface area contributed by atoms with E-state index in [-0.39, 0.29) is 11.9 Å². The second kappa shape index (κ2) is 7.48. The number of nitrogens with zero attached hydrogens (tertiary/aromatic N) is 1. The number of carbonyl (C=O) groups excluding carboxylic acids is 2. The number of alkyl halides is 1. The maximum Gasteiger partial charge on any atom is 0.329 e. The summed E-state index contributed by atoms with van der Waals surface area (Å²) in [5.74, 6) is 0.308. The summed E-state index contributed by atoms with van der Waals surface area (Å²) in [5, 5.41) is 3.22. The Morgan fingerprint density at radius 3 is 2.48 bits per heavy atom. The van der Waals surface area contributed by atoms with Gasteiger partial charge in [-0.15, -0.1) is 11.6 Å². The first kappa shape index (κ1) is 15.9. The van der Waals surface area contributed by atoms with E-state index < -0.39 is 0 Å². The van der Waals surface area contributed by atoms with Gasteiger partial charge in [-0.3, -0.25) is 9.69 Å². The van der Waals surface area contributed by atoms with Crippen LogP contribution in [-0.4, -0.2) is 29.3 Å². The Balaban J connectivity index is 2.01. The summed E-state index contributed by atoms with van der Waals surface area (Å²) >= 11 is 11.4. The van der Waals surface area contributed by atoms with Gasteiger partial charge in [-0.25, -0.2) is 4.79 Å². The van der Waals surface area contributed by atoms with Crippen molar-refractivity contribution in [1.29, 1.82) is 0 Å². The van der Waals surface area contributed by atoms with Crippen LogP contribution in [0.3, 0.4) is 0 Å². The Morgan fingerprint density at radius 2 is 1.81 bits per heavy atom. The van der Waals surface area contributed by atoms with Crippen molar-refractivity contribution in [2.45, 2.75) is 19.3 Å². The van der Waals surface area contributed by atoms with Crippen molar-refractivity contribution in [3.8, 4) is 0 Å². The van der Waals surface area contributed by atoms with Crippen LogP contribution in [0.15, 0.2) is 30.0 Å². The number of hydrogen-bond acceptors (Lipinski definition) is 2. The molecule has 1 aromatic carbocycles. The van der Waals surface area contributed by atoms with E-state index in [0.29, 0.717) is 23.1 Å².